The maximum atomic E-state index is 7.97. The van der Waals surface area contributed by atoms with Gasteiger partial charge in [0.2, 0.25) is 0 Å². The third-order valence-corrected chi connectivity index (χ3v) is 2.17. The minimum atomic E-state index is 0.554. The summed E-state index contributed by atoms with van der Waals surface area (Å²) in [6, 6.07) is 0. The SMILES string of the molecule is C/C=N/N(CCC)C(=N)CN(C)CCNC. The van der Waals surface area contributed by atoms with Gasteiger partial charge in [-0.2, -0.15) is 5.10 Å². The molecule has 0 saturated heterocycles. The maximum Gasteiger partial charge on any atom is 0.131 e. The minimum absolute atomic E-state index is 0.554. The van der Waals surface area contributed by atoms with Crippen LogP contribution < -0.4 is 5.32 Å². The molecule has 0 atom stereocenters. The summed E-state index contributed by atoms with van der Waals surface area (Å²) >= 11 is 0. The van der Waals surface area contributed by atoms with Crippen LogP contribution in [0.1, 0.15) is 20.3 Å². The molecule has 0 aliphatic heterocycles. The molecule has 0 heterocycles. The normalized spacial score (nSPS) is 11.3. The quantitative estimate of drug-likeness (QED) is 0.367. The highest BCUT2D eigenvalue weighted by Gasteiger charge is 2.09. The van der Waals surface area contributed by atoms with Gasteiger partial charge in [0.25, 0.3) is 0 Å². The first-order chi connectivity index (χ1) is 7.65. The predicted octanol–water partition coefficient (Wildman–Crippen LogP) is 0.833. The number of hydrogen-bond donors (Lipinski definition) is 2. The van der Waals surface area contributed by atoms with Crippen molar-refractivity contribution in [3.63, 3.8) is 0 Å². The van der Waals surface area contributed by atoms with E-state index in [0.717, 1.165) is 26.1 Å². The molecule has 0 rings (SSSR count). The molecular formula is C11H25N5. The van der Waals surface area contributed by atoms with Crippen LogP contribution in [0.3, 0.4) is 0 Å². The van der Waals surface area contributed by atoms with E-state index < -0.39 is 0 Å². The Morgan fingerprint density at radius 2 is 2.12 bits per heavy atom. The summed E-state index contributed by atoms with van der Waals surface area (Å²) < 4.78 is 0. The van der Waals surface area contributed by atoms with E-state index >= 15 is 0 Å². The van der Waals surface area contributed by atoms with E-state index in [1.54, 1.807) is 11.2 Å². The van der Waals surface area contributed by atoms with Crippen LogP contribution in [0, 0.1) is 5.41 Å². The second-order valence-electron chi connectivity index (χ2n) is 3.78. The second-order valence-corrected chi connectivity index (χ2v) is 3.78. The molecular weight excluding hydrogens is 202 g/mol. The van der Waals surface area contributed by atoms with Crippen molar-refractivity contribution in [2.75, 3.05) is 40.3 Å². The summed E-state index contributed by atoms with van der Waals surface area (Å²) in [6.45, 7) is 7.29. The first-order valence-electron chi connectivity index (χ1n) is 5.82. The number of amidine groups is 1. The average Bonchev–Trinajstić information content (AvgIpc) is 2.26. The van der Waals surface area contributed by atoms with Crippen molar-refractivity contribution >= 4 is 12.1 Å². The van der Waals surface area contributed by atoms with Crippen LogP contribution in [0.4, 0.5) is 0 Å². The second kappa shape index (κ2) is 9.30. The van der Waals surface area contributed by atoms with Gasteiger partial charge in [0.05, 0.1) is 6.54 Å². The van der Waals surface area contributed by atoms with E-state index in [-0.39, 0.29) is 0 Å². The molecule has 2 N–H and O–H groups in total. The molecule has 5 heteroatoms. The van der Waals surface area contributed by atoms with Gasteiger partial charge in [0.15, 0.2) is 0 Å². The van der Waals surface area contributed by atoms with Crippen molar-refractivity contribution < 1.29 is 0 Å². The largest absolute Gasteiger partial charge is 0.318 e. The number of likely N-dealkylation sites (N-methyl/N-ethyl adjacent to an activating group) is 2. The van der Waals surface area contributed by atoms with Crippen molar-refractivity contribution in [3.05, 3.63) is 0 Å². The smallest absolute Gasteiger partial charge is 0.131 e. The van der Waals surface area contributed by atoms with Crippen molar-refractivity contribution in [2.24, 2.45) is 5.10 Å². The van der Waals surface area contributed by atoms with Crippen molar-refractivity contribution in [1.29, 1.82) is 5.41 Å². The summed E-state index contributed by atoms with van der Waals surface area (Å²) in [5.41, 5.74) is 0. The third kappa shape index (κ3) is 6.53. The molecule has 16 heavy (non-hydrogen) atoms. The maximum absolute atomic E-state index is 7.97. The highest BCUT2D eigenvalue weighted by Crippen LogP contribution is 1.96. The molecule has 0 aromatic carbocycles. The van der Waals surface area contributed by atoms with Crippen LogP contribution in [0.5, 0.6) is 0 Å². The molecule has 5 nitrogen and oxygen atoms in total. The van der Waals surface area contributed by atoms with Gasteiger partial charge < -0.3 is 5.32 Å². The Morgan fingerprint density at radius 3 is 2.62 bits per heavy atom. The zero-order valence-corrected chi connectivity index (χ0v) is 11.0. The Bertz CT molecular complexity index is 214. The molecule has 0 aromatic rings. The van der Waals surface area contributed by atoms with E-state index in [1.807, 2.05) is 21.0 Å². The minimum Gasteiger partial charge on any atom is -0.318 e. The fourth-order valence-corrected chi connectivity index (χ4v) is 1.33. The van der Waals surface area contributed by atoms with Crippen LogP contribution in [-0.4, -0.2) is 62.2 Å². The molecule has 0 fully saturated rings. The lowest BCUT2D eigenvalue weighted by Crippen LogP contribution is -2.38. The molecule has 0 aliphatic carbocycles. The van der Waals surface area contributed by atoms with E-state index in [9.17, 15) is 0 Å². The molecule has 0 unspecified atom stereocenters. The van der Waals surface area contributed by atoms with Gasteiger partial charge in [-0.05, 0) is 27.4 Å². The Hall–Kier alpha value is -0.940. The molecule has 0 amide bonds. The van der Waals surface area contributed by atoms with E-state index in [1.165, 1.54) is 0 Å². The summed E-state index contributed by atoms with van der Waals surface area (Å²) in [4.78, 5) is 2.12. The number of hydrazone groups is 1. The van der Waals surface area contributed by atoms with Gasteiger partial charge in [0.1, 0.15) is 5.84 Å². The molecule has 0 bridgehead atoms. The van der Waals surface area contributed by atoms with Gasteiger partial charge in [0, 0.05) is 25.8 Å². The summed E-state index contributed by atoms with van der Waals surface area (Å²) in [5.74, 6) is 0.554. The lowest BCUT2D eigenvalue weighted by molar-refractivity contribution is 0.348. The molecule has 0 spiro atoms. The zero-order chi connectivity index (χ0) is 12.4. The van der Waals surface area contributed by atoms with Crippen LogP contribution in [-0.2, 0) is 0 Å². The molecule has 0 radical (unpaired) electrons. The lowest BCUT2D eigenvalue weighted by atomic mass is 10.4. The summed E-state index contributed by atoms with van der Waals surface area (Å²) in [6.07, 6.45) is 2.73. The Labute approximate surface area is 99.0 Å². The van der Waals surface area contributed by atoms with Crippen molar-refractivity contribution in [2.45, 2.75) is 20.3 Å². The fourth-order valence-electron chi connectivity index (χ4n) is 1.33. The Morgan fingerprint density at radius 1 is 1.44 bits per heavy atom. The van der Waals surface area contributed by atoms with Gasteiger partial charge in [-0.25, -0.2) is 0 Å². The zero-order valence-electron chi connectivity index (χ0n) is 11.0. The number of hydrogen-bond acceptors (Lipinski definition) is 4. The Kier molecular flexibility index (Phi) is 8.75. The van der Waals surface area contributed by atoms with E-state index in [2.05, 4.69) is 22.2 Å². The monoisotopic (exact) mass is 227 g/mol. The Balaban J connectivity index is 4.08. The van der Waals surface area contributed by atoms with Crippen LogP contribution in [0.25, 0.3) is 0 Å². The number of rotatable bonds is 8. The molecule has 0 aromatic heterocycles. The fraction of sp³-hybridized carbons (Fsp3) is 0.818. The van der Waals surface area contributed by atoms with Gasteiger partial charge >= 0.3 is 0 Å². The third-order valence-electron chi connectivity index (χ3n) is 2.17. The van der Waals surface area contributed by atoms with Crippen molar-refractivity contribution in [1.82, 2.24) is 15.2 Å². The number of nitrogens with zero attached hydrogens (tertiary/aromatic N) is 3. The van der Waals surface area contributed by atoms with E-state index in [4.69, 9.17) is 5.41 Å². The van der Waals surface area contributed by atoms with Crippen LogP contribution in [0.15, 0.2) is 5.10 Å². The highest BCUT2D eigenvalue weighted by atomic mass is 15.5. The van der Waals surface area contributed by atoms with Crippen molar-refractivity contribution in [3.8, 4) is 0 Å². The standard InChI is InChI=1S/C11H25N5/c1-5-8-16(14-6-2)11(12)10-15(4)9-7-13-3/h6,12-13H,5,7-10H2,1-4H3/b12-11?,14-6+. The van der Waals surface area contributed by atoms with Gasteiger partial charge in [-0.15, -0.1) is 0 Å². The molecule has 0 aliphatic rings. The first kappa shape index (κ1) is 15.1. The average molecular weight is 227 g/mol. The predicted molar refractivity (Wildman–Crippen MR) is 70.3 cm³/mol. The first-order valence-corrected chi connectivity index (χ1v) is 5.82. The summed E-state index contributed by atoms with van der Waals surface area (Å²) in [5, 5.41) is 17.0. The van der Waals surface area contributed by atoms with Gasteiger partial charge in [-0.3, -0.25) is 15.3 Å². The molecule has 0 saturated carbocycles. The van der Waals surface area contributed by atoms with Crippen LogP contribution in [0.2, 0.25) is 0 Å². The topological polar surface area (TPSA) is 54.7 Å². The van der Waals surface area contributed by atoms with Gasteiger partial charge in [-0.1, -0.05) is 6.92 Å². The number of nitrogens with one attached hydrogen (secondary N) is 2. The van der Waals surface area contributed by atoms with E-state index in [0.29, 0.717) is 12.4 Å². The summed E-state index contributed by atoms with van der Waals surface area (Å²) in [7, 11) is 3.95. The molecule has 94 valence electrons. The van der Waals surface area contributed by atoms with Crippen LogP contribution >= 0.6 is 0 Å². The lowest BCUT2D eigenvalue weighted by Gasteiger charge is -2.23. The highest BCUT2D eigenvalue weighted by molar-refractivity contribution is 5.81.